The van der Waals surface area contributed by atoms with Gasteiger partial charge in [0.2, 0.25) is 0 Å². The summed E-state index contributed by atoms with van der Waals surface area (Å²) in [6.07, 6.45) is 5.08. The largest absolute Gasteiger partial charge is 0.467 e. The van der Waals surface area contributed by atoms with E-state index in [1.54, 1.807) is 12.1 Å². The quantitative estimate of drug-likeness (QED) is 0.842. The van der Waals surface area contributed by atoms with Gasteiger partial charge in [-0.15, -0.1) is 0 Å². The minimum absolute atomic E-state index is 0.301. The summed E-state index contributed by atoms with van der Waals surface area (Å²) in [6.45, 7) is 1.95. The van der Waals surface area contributed by atoms with Crippen molar-refractivity contribution in [3.63, 3.8) is 0 Å². The molecule has 1 saturated carbocycles. The van der Waals surface area contributed by atoms with Crippen LogP contribution >= 0.6 is 0 Å². The molecule has 1 fully saturated rings. The van der Waals surface area contributed by atoms with Crippen molar-refractivity contribution in [2.24, 2.45) is 0 Å². The SMILES string of the molecule is CCC(NC1CCCC1)(C(=O)OC)c1ccc(F)cc1. The van der Waals surface area contributed by atoms with E-state index < -0.39 is 5.54 Å². The molecule has 0 spiro atoms. The number of carbonyl (C=O) groups excluding carboxylic acids is 1. The molecule has 1 aromatic rings. The number of methoxy groups -OCH3 is 1. The van der Waals surface area contributed by atoms with E-state index in [0.29, 0.717) is 12.5 Å². The van der Waals surface area contributed by atoms with E-state index in [9.17, 15) is 9.18 Å². The fourth-order valence-electron chi connectivity index (χ4n) is 3.04. The van der Waals surface area contributed by atoms with Crippen molar-refractivity contribution in [2.75, 3.05) is 7.11 Å². The maximum absolute atomic E-state index is 13.1. The zero-order chi connectivity index (χ0) is 14.6. The standard InChI is InChI=1S/C16H22FNO2/c1-3-16(15(19)20-2,18-14-6-4-5-7-14)12-8-10-13(17)11-9-12/h8-11,14,18H,3-7H2,1-2H3. The molecular weight excluding hydrogens is 257 g/mol. The average molecular weight is 279 g/mol. The molecule has 0 aliphatic heterocycles. The van der Waals surface area contributed by atoms with E-state index >= 15 is 0 Å². The van der Waals surface area contributed by atoms with Crippen molar-refractivity contribution in [3.05, 3.63) is 35.6 Å². The van der Waals surface area contributed by atoms with Crippen LogP contribution < -0.4 is 5.32 Å². The van der Waals surface area contributed by atoms with Crippen molar-refractivity contribution < 1.29 is 13.9 Å². The Hall–Kier alpha value is -1.42. The van der Waals surface area contributed by atoms with Crippen LogP contribution in [0.15, 0.2) is 24.3 Å². The maximum atomic E-state index is 13.1. The predicted molar refractivity (Wildman–Crippen MR) is 75.8 cm³/mol. The minimum Gasteiger partial charge on any atom is -0.467 e. The van der Waals surface area contributed by atoms with Crippen LogP contribution in [0.2, 0.25) is 0 Å². The third-order valence-electron chi connectivity index (χ3n) is 4.21. The van der Waals surface area contributed by atoms with Crippen LogP contribution in [0.25, 0.3) is 0 Å². The van der Waals surface area contributed by atoms with E-state index in [-0.39, 0.29) is 11.8 Å². The first-order valence-corrected chi connectivity index (χ1v) is 7.24. The molecule has 0 amide bonds. The van der Waals surface area contributed by atoms with E-state index in [1.165, 1.54) is 32.1 Å². The lowest BCUT2D eigenvalue weighted by Crippen LogP contribution is -2.53. The van der Waals surface area contributed by atoms with Gasteiger partial charge in [0, 0.05) is 6.04 Å². The second-order valence-electron chi connectivity index (χ2n) is 5.38. The van der Waals surface area contributed by atoms with E-state index in [1.807, 2.05) is 6.92 Å². The summed E-state index contributed by atoms with van der Waals surface area (Å²) in [4.78, 5) is 12.4. The van der Waals surface area contributed by atoms with Gasteiger partial charge in [0.25, 0.3) is 0 Å². The van der Waals surface area contributed by atoms with Gasteiger partial charge >= 0.3 is 5.97 Å². The molecule has 1 aliphatic rings. The van der Waals surface area contributed by atoms with Gasteiger partial charge in [-0.2, -0.15) is 0 Å². The highest BCUT2D eigenvalue weighted by Gasteiger charge is 2.41. The Morgan fingerprint density at radius 3 is 2.45 bits per heavy atom. The summed E-state index contributed by atoms with van der Waals surface area (Å²) in [5.41, 5.74) is -0.113. The molecule has 3 nitrogen and oxygen atoms in total. The smallest absolute Gasteiger partial charge is 0.330 e. The summed E-state index contributed by atoms with van der Waals surface area (Å²) < 4.78 is 18.1. The van der Waals surface area contributed by atoms with Crippen LogP contribution in [0.5, 0.6) is 0 Å². The van der Waals surface area contributed by atoms with E-state index in [0.717, 1.165) is 18.4 Å². The number of nitrogens with one attached hydrogen (secondary N) is 1. The number of ether oxygens (including phenoxy) is 1. The Morgan fingerprint density at radius 2 is 1.95 bits per heavy atom. The highest BCUT2D eigenvalue weighted by atomic mass is 19.1. The number of hydrogen-bond donors (Lipinski definition) is 1. The molecule has 0 aromatic heterocycles. The number of rotatable bonds is 5. The monoisotopic (exact) mass is 279 g/mol. The van der Waals surface area contributed by atoms with Crippen molar-refractivity contribution in [1.29, 1.82) is 0 Å². The molecular formula is C16H22FNO2. The van der Waals surface area contributed by atoms with Gasteiger partial charge < -0.3 is 4.74 Å². The molecule has 0 radical (unpaired) electrons. The molecule has 1 aliphatic carbocycles. The molecule has 1 atom stereocenters. The van der Waals surface area contributed by atoms with Gasteiger partial charge in [-0.1, -0.05) is 31.9 Å². The number of hydrogen-bond acceptors (Lipinski definition) is 3. The first-order valence-electron chi connectivity index (χ1n) is 7.24. The normalized spacial score (nSPS) is 18.8. The third-order valence-corrected chi connectivity index (χ3v) is 4.21. The van der Waals surface area contributed by atoms with Crippen LogP contribution in [0, 0.1) is 5.82 Å². The van der Waals surface area contributed by atoms with Gasteiger partial charge in [-0.25, -0.2) is 9.18 Å². The van der Waals surface area contributed by atoms with Gasteiger partial charge in [-0.05, 0) is 37.0 Å². The summed E-state index contributed by atoms with van der Waals surface area (Å²) in [6, 6.07) is 6.42. The Kier molecular flexibility index (Phi) is 4.76. The van der Waals surface area contributed by atoms with Crippen LogP contribution in [-0.4, -0.2) is 19.1 Å². The van der Waals surface area contributed by atoms with Crippen LogP contribution in [0.3, 0.4) is 0 Å². The van der Waals surface area contributed by atoms with Crippen molar-refractivity contribution in [3.8, 4) is 0 Å². The Labute approximate surface area is 119 Å². The maximum Gasteiger partial charge on any atom is 0.330 e. The molecule has 1 N–H and O–H groups in total. The first-order chi connectivity index (χ1) is 9.62. The fraction of sp³-hybridized carbons (Fsp3) is 0.562. The third kappa shape index (κ3) is 2.85. The summed E-state index contributed by atoms with van der Waals surface area (Å²) >= 11 is 0. The molecule has 20 heavy (non-hydrogen) atoms. The zero-order valence-corrected chi connectivity index (χ0v) is 12.1. The van der Waals surface area contributed by atoms with Crippen molar-refractivity contribution >= 4 is 5.97 Å². The van der Waals surface area contributed by atoms with Crippen LogP contribution in [0.1, 0.15) is 44.6 Å². The predicted octanol–water partition coefficient (Wildman–Crippen LogP) is 3.14. The van der Waals surface area contributed by atoms with E-state index in [4.69, 9.17) is 4.74 Å². The van der Waals surface area contributed by atoms with Gasteiger partial charge in [0.15, 0.2) is 0 Å². The van der Waals surface area contributed by atoms with Gasteiger partial charge in [0.05, 0.1) is 7.11 Å². The topological polar surface area (TPSA) is 38.3 Å². The summed E-state index contributed by atoms with van der Waals surface area (Å²) in [5.74, 6) is -0.608. The first kappa shape index (κ1) is 15.0. The lowest BCUT2D eigenvalue weighted by atomic mass is 9.86. The molecule has 1 aromatic carbocycles. The Balaban J connectivity index is 2.35. The molecule has 0 heterocycles. The molecule has 1 unspecified atom stereocenters. The highest BCUT2D eigenvalue weighted by Crippen LogP contribution is 2.31. The molecule has 2 rings (SSSR count). The van der Waals surface area contributed by atoms with Crippen molar-refractivity contribution in [1.82, 2.24) is 5.32 Å². The summed E-state index contributed by atoms with van der Waals surface area (Å²) in [7, 11) is 1.40. The molecule has 4 heteroatoms. The second-order valence-corrected chi connectivity index (χ2v) is 5.38. The molecule has 110 valence electrons. The van der Waals surface area contributed by atoms with Crippen LogP contribution in [0.4, 0.5) is 4.39 Å². The van der Waals surface area contributed by atoms with Gasteiger partial charge in [0.1, 0.15) is 11.4 Å². The van der Waals surface area contributed by atoms with Crippen LogP contribution in [-0.2, 0) is 15.1 Å². The minimum atomic E-state index is -0.878. The average Bonchev–Trinajstić information content (AvgIpc) is 2.98. The number of esters is 1. The highest BCUT2D eigenvalue weighted by molar-refractivity contribution is 5.82. The zero-order valence-electron chi connectivity index (χ0n) is 12.1. The van der Waals surface area contributed by atoms with Crippen molar-refractivity contribution in [2.45, 2.75) is 50.6 Å². The lowest BCUT2D eigenvalue weighted by molar-refractivity contribution is -0.149. The second kappa shape index (κ2) is 6.35. The number of benzene rings is 1. The molecule has 0 saturated heterocycles. The summed E-state index contributed by atoms with van der Waals surface area (Å²) in [5, 5.41) is 3.47. The van der Waals surface area contributed by atoms with E-state index in [2.05, 4.69) is 5.32 Å². The van der Waals surface area contributed by atoms with Gasteiger partial charge in [-0.3, -0.25) is 5.32 Å². The fourth-order valence-corrected chi connectivity index (χ4v) is 3.04. The Morgan fingerprint density at radius 1 is 1.35 bits per heavy atom. The number of halogens is 1. The lowest BCUT2D eigenvalue weighted by Gasteiger charge is -2.34. The molecule has 0 bridgehead atoms. The number of carbonyl (C=O) groups is 1. The Bertz CT molecular complexity index is 454.